The fourth-order valence-corrected chi connectivity index (χ4v) is 1.13. The number of nitrogens with zero attached hydrogens (tertiary/aromatic N) is 4. The molecule has 0 aliphatic carbocycles. The van der Waals surface area contributed by atoms with Crippen LogP contribution in [0.1, 0.15) is 16.3 Å². The Morgan fingerprint density at radius 2 is 2.29 bits per heavy atom. The molecule has 7 nitrogen and oxygen atoms in total. The van der Waals surface area contributed by atoms with Gasteiger partial charge < -0.3 is 10.8 Å². The summed E-state index contributed by atoms with van der Waals surface area (Å²) in [7, 11) is 0. The van der Waals surface area contributed by atoms with Gasteiger partial charge >= 0.3 is 5.97 Å². The van der Waals surface area contributed by atoms with Crippen LogP contribution in [0.5, 0.6) is 0 Å². The third kappa shape index (κ3) is 1.06. The van der Waals surface area contributed by atoms with E-state index in [9.17, 15) is 4.79 Å². The van der Waals surface area contributed by atoms with Crippen LogP contribution in [-0.2, 0) is 0 Å². The topological polar surface area (TPSA) is 106 Å². The number of hydrogen-bond donors (Lipinski definition) is 2. The number of carboxylic acids is 1. The lowest BCUT2D eigenvalue weighted by Gasteiger charge is -1.99. The minimum atomic E-state index is -1.13. The van der Waals surface area contributed by atoms with Gasteiger partial charge in [-0.1, -0.05) is 0 Å². The molecule has 2 rings (SSSR count). The summed E-state index contributed by atoms with van der Waals surface area (Å²) in [6.07, 6.45) is 1.34. The first-order valence-electron chi connectivity index (χ1n) is 3.80. The van der Waals surface area contributed by atoms with Gasteiger partial charge in [-0.05, 0) is 6.92 Å². The second-order valence-electron chi connectivity index (χ2n) is 2.76. The Bertz CT molecular complexity index is 518. The molecule has 0 fully saturated rings. The maximum atomic E-state index is 10.7. The number of carboxylic acid groups (broad SMARTS) is 1. The number of rotatable bonds is 1. The van der Waals surface area contributed by atoms with Crippen molar-refractivity contribution in [1.82, 2.24) is 19.6 Å². The van der Waals surface area contributed by atoms with Crippen molar-refractivity contribution in [3.63, 3.8) is 0 Å². The van der Waals surface area contributed by atoms with Crippen LogP contribution in [0.2, 0.25) is 0 Å². The van der Waals surface area contributed by atoms with Gasteiger partial charge in [0.15, 0.2) is 11.5 Å². The Kier molecular flexibility index (Phi) is 1.60. The lowest BCUT2D eigenvalue weighted by Crippen LogP contribution is -2.07. The summed E-state index contributed by atoms with van der Waals surface area (Å²) in [4.78, 5) is 14.3. The van der Waals surface area contributed by atoms with Gasteiger partial charge in [-0.2, -0.15) is 0 Å². The standard InChI is InChI=1S/C7H7N5O2/c1-3-10-11-6-5(8)9-4(7(13)14)2-12(3)6/h2H,1H3,(H2,8,9)(H,13,14). The number of aromatic carboxylic acids is 1. The molecule has 72 valence electrons. The monoisotopic (exact) mass is 193 g/mol. The smallest absolute Gasteiger partial charge is 0.356 e. The molecule has 2 heterocycles. The van der Waals surface area contributed by atoms with Crippen molar-refractivity contribution in [2.24, 2.45) is 0 Å². The summed E-state index contributed by atoms with van der Waals surface area (Å²) in [5.74, 6) is -0.506. The van der Waals surface area contributed by atoms with Crippen LogP contribution in [-0.4, -0.2) is 30.7 Å². The summed E-state index contributed by atoms with van der Waals surface area (Å²) in [6.45, 7) is 1.70. The van der Waals surface area contributed by atoms with Crippen molar-refractivity contribution in [3.8, 4) is 0 Å². The Morgan fingerprint density at radius 1 is 1.57 bits per heavy atom. The number of aromatic nitrogens is 4. The first kappa shape index (κ1) is 8.42. The molecule has 2 aromatic rings. The van der Waals surface area contributed by atoms with Crippen LogP contribution in [0.25, 0.3) is 5.65 Å². The van der Waals surface area contributed by atoms with E-state index < -0.39 is 5.97 Å². The average Bonchev–Trinajstić information content (AvgIpc) is 2.48. The Hall–Kier alpha value is -2.18. The van der Waals surface area contributed by atoms with Crippen molar-refractivity contribution in [3.05, 3.63) is 17.7 Å². The Morgan fingerprint density at radius 3 is 2.93 bits per heavy atom. The van der Waals surface area contributed by atoms with E-state index in [2.05, 4.69) is 15.2 Å². The molecule has 0 atom stereocenters. The van der Waals surface area contributed by atoms with Crippen LogP contribution in [0.15, 0.2) is 6.20 Å². The molecule has 0 aliphatic rings. The summed E-state index contributed by atoms with van der Waals surface area (Å²) in [5, 5.41) is 16.2. The van der Waals surface area contributed by atoms with Gasteiger partial charge in [-0.25, -0.2) is 9.78 Å². The molecule has 0 saturated heterocycles. The minimum absolute atomic E-state index is 0.0606. The Labute approximate surface area is 78.2 Å². The molecule has 0 unspecified atom stereocenters. The van der Waals surface area contributed by atoms with Crippen molar-refractivity contribution in [1.29, 1.82) is 0 Å². The summed E-state index contributed by atoms with van der Waals surface area (Å²) >= 11 is 0. The third-order valence-corrected chi connectivity index (χ3v) is 1.81. The molecule has 3 N–H and O–H groups in total. The first-order chi connectivity index (χ1) is 6.59. The average molecular weight is 193 g/mol. The predicted octanol–water partition coefficient (Wildman–Crippen LogP) is -0.287. The lowest BCUT2D eigenvalue weighted by atomic mass is 10.4. The number of nitrogen functional groups attached to an aromatic ring is 1. The molecule has 14 heavy (non-hydrogen) atoms. The maximum Gasteiger partial charge on any atom is 0.356 e. The van der Waals surface area contributed by atoms with Crippen molar-refractivity contribution < 1.29 is 9.90 Å². The molecule has 2 aromatic heterocycles. The lowest BCUT2D eigenvalue weighted by molar-refractivity contribution is 0.0690. The molecular formula is C7H7N5O2. The highest BCUT2D eigenvalue weighted by molar-refractivity contribution is 5.86. The van der Waals surface area contributed by atoms with E-state index in [-0.39, 0.29) is 11.5 Å². The number of hydrogen-bond acceptors (Lipinski definition) is 5. The van der Waals surface area contributed by atoms with Gasteiger partial charge in [0.05, 0.1) is 0 Å². The molecule has 0 aliphatic heterocycles. The van der Waals surface area contributed by atoms with Crippen molar-refractivity contribution >= 4 is 17.4 Å². The quantitative estimate of drug-likeness (QED) is 0.644. The van der Waals surface area contributed by atoms with Crippen molar-refractivity contribution in [2.75, 3.05) is 5.73 Å². The summed E-state index contributed by atoms with van der Waals surface area (Å²) in [6, 6.07) is 0. The van der Waals surface area contributed by atoms with E-state index >= 15 is 0 Å². The number of carbonyl (C=O) groups is 1. The van der Waals surface area contributed by atoms with Gasteiger partial charge in [-0.15, -0.1) is 10.2 Å². The summed E-state index contributed by atoms with van der Waals surface area (Å²) < 4.78 is 1.49. The highest BCUT2D eigenvalue weighted by Gasteiger charge is 2.11. The van der Waals surface area contributed by atoms with E-state index in [1.807, 2.05) is 0 Å². The van der Waals surface area contributed by atoms with Crippen LogP contribution in [0.3, 0.4) is 0 Å². The molecule has 0 amide bonds. The second-order valence-corrected chi connectivity index (χ2v) is 2.76. The van der Waals surface area contributed by atoms with Crippen LogP contribution in [0, 0.1) is 6.92 Å². The second kappa shape index (κ2) is 2.66. The summed E-state index contributed by atoms with van der Waals surface area (Å²) in [5.41, 5.74) is 5.75. The fraction of sp³-hybridized carbons (Fsp3) is 0.143. The number of aryl methyl sites for hydroxylation is 1. The number of nitrogens with two attached hydrogens (primary N) is 1. The third-order valence-electron chi connectivity index (χ3n) is 1.81. The van der Waals surface area contributed by atoms with Crippen molar-refractivity contribution in [2.45, 2.75) is 6.92 Å². The van der Waals surface area contributed by atoms with Gasteiger partial charge in [0.2, 0.25) is 5.65 Å². The zero-order valence-corrected chi connectivity index (χ0v) is 7.30. The van der Waals surface area contributed by atoms with Crippen LogP contribution < -0.4 is 5.73 Å². The maximum absolute atomic E-state index is 10.7. The zero-order chi connectivity index (χ0) is 10.3. The van der Waals surface area contributed by atoms with Gasteiger partial charge in [-0.3, -0.25) is 4.40 Å². The highest BCUT2D eigenvalue weighted by Crippen LogP contribution is 2.10. The Balaban J connectivity index is 2.82. The normalized spacial score (nSPS) is 10.6. The molecule has 0 spiro atoms. The van der Waals surface area contributed by atoms with Crippen LogP contribution in [0.4, 0.5) is 5.82 Å². The minimum Gasteiger partial charge on any atom is -0.476 e. The molecule has 0 saturated carbocycles. The van der Waals surface area contributed by atoms with Gasteiger partial charge in [0.1, 0.15) is 5.82 Å². The molecule has 0 radical (unpaired) electrons. The van der Waals surface area contributed by atoms with Crippen LogP contribution >= 0.6 is 0 Å². The van der Waals surface area contributed by atoms with E-state index in [0.717, 1.165) is 0 Å². The highest BCUT2D eigenvalue weighted by atomic mass is 16.4. The predicted molar refractivity (Wildman–Crippen MR) is 46.9 cm³/mol. The van der Waals surface area contributed by atoms with E-state index in [1.54, 1.807) is 6.92 Å². The molecule has 7 heteroatoms. The first-order valence-corrected chi connectivity index (χ1v) is 3.80. The van der Waals surface area contributed by atoms with Gasteiger partial charge in [0.25, 0.3) is 0 Å². The largest absolute Gasteiger partial charge is 0.476 e. The molecule has 0 bridgehead atoms. The van der Waals surface area contributed by atoms with E-state index in [4.69, 9.17) is 10.8 Å². The van der Waals surface area contributed by atoms with Gasteiger partial charge in [0, 0.05) is 6.20 Å². The number of anilines is 1. The number of fused-ring (bicyclic) bond motifs is 1. The SMILES string of the molecule is Cc1nnc2c(N)nc(C(=O)O)cn12. The molecule has 0 aromatic carbocycles. The molecular weight excluding hydrogens is 186 g/mol. The fourth-order valence-electron chi connectivity index (χ4n) is 1.13. The zero-order valence-electron chi connectivity index (χ0n) is 7.30. The van der Waals surface area contributed by atoms with E-state index in [1.165, 1.54) is 10.6 Å². The van der Waals surface area contributed by atoms with E-state index in [0.29, 0.717) is 11.5 Å².